The molecule has 0 atom stereocenters. The summed E-state index contributed by atoms with van der Waals surface area (Å²) < 4.78 is 15.8. The van der Waals surface area contributed by atoms with E-state index in [0.29, 0.717) is 33.6 Å². The van der Waals surface area contributed by atoms with Crippen LogP contribution >= 0.6 is 11.3 Å². The van der Waals surface area contributed by atoms with Gasteiger partial charge in [-0.05, 0) is 36.4 Å². The molecule has 2 aromatic carbocycles. The Hall–Kier alpha value is -3.98. The number of anilines is 2. The van der Waals surface area contributed by atoms with Gasteiger partial charge in [-0.1, -0.05) is 18.2 Å². The lowest BCUT2D eigenvalue weighted by atomic mass is 10.2. The molecule has 9 heteroatoms. The number of aromatic nitrogens is 1. The third kappa shape index (κ3) is 4.23. The highest BCUT2D eigenvalue weighted by Gasteiger charge is 2.26. The first kappa shape index (κ1) is 21.3. The van der Waals surface area contributed by atoms with Crippen LogP contribution in [0.3, 0.4) is 0 Å². The molecule has 162 valence electrons. The molecule has 4 rings (SSSR count). The number of ether oxygens (including phenoxy) is 3. The smallest absolute Gasteiger partial charge is 0.363 e. The zero-order chi connectivity index (χ0) is 22.7. The van der Waals surface area contributed by atoms with Gasteiger partial charge in [0, 0.05) is 17.9 Å². The number of carbonyl (C=O) groups excluding carboxylic acids is 2. The summed E-state index contributed by atoms with van der Waals surface area (Å²) in [7, 11) is 3.06. The van der Waals surface area contributed by atoms with Gasteiger partial charge in [-0.15, -0.1) is 11.3 Å². The lowest BCUT2D eigenvalue weighted by molar-refractivity contribution is -0.130. The van der Waals surface area contributed by atoms with Crippen LogP contribution in [0.5, 0.6) is 11.5 Å². The number of cyclic esters (lactones) is 1. The minimum absolute atomic E-state index is 0.112. The Morgan fingerprint density at radius 2 is 1.84 bits per heavy atom. The van der Waals surface area contributed by atoms with Gasteiger partial charge in [0.2, 0.25) is 11.8 Å². The molecule has 1 aliphatic rings. The molecule has 32 heavy (non-hydrogen) atoms. The Balaban J connectivity index is 1.62. The zero-order valence-corrected chi connectivity index (χ0v) is 18.4. The number of thiazole rings is 1. The summed E-state index contributed by atoms with van der Waals surface area (Å²) in [6.07, 6.45) is 1.53. The van der Waals surface area contributed by atoms with Crippen molar-refractivity contribution >= 4 is 46.0 Å². The Morgan fingerprint density at radius 1 is 1.09 bits per heavy atom. The van der Waals surface area contributed by atoms with E-state index in [0.717, 1.165) is 0 Å². The van der Waals surface area contributed by atoms with Crippen molar-refractivity contribution in [2.24, 2.45) is 4.99 Å². The van der Waals surface area contributed by atoms with Crippen molar-refractivity contribution in [3.8, 4) is 11.5 Å². The number of hydrogen-bond donors (Lipinski definition) is 0. The second kappa shape index (κ2) is 9.03. The third-order valence-corrected chi connectivity index (χ3v) is 5.41. The SMILES string of the molecule is COc1ccc(C2=N/C(=C\c3csc(N(C(C)=O)c4ccccc4)n3)C(=O)O2)cc1OC. The van der Waals surface area contributed by atoms with Crippen LogP contribution in [0.25, 0.3) is 6.08 Å². The largest absolute Gasteiger partial charge is 0.493 e. The summed E-state index contributed by atoms with van der Waals surface area (Å²) in [5, 5.41) is 2.24. The molecule has 2 heterocycles. The molecule has 0 aliphatic carbocycles. The normalized spacial score (nSPS) is 14.2. The number of amides is 1. The summed E-state index contributed by atoms with van der Waals surface area (Å²) in [6.45, 7) is 1.47. The average molecular weight is 449 g/mol. The average Bonchev–Trinajstić information content (AvgIpc) is 3.40. The van der Waals surface area contributed by atoms with Gasteiger partial charge in [-0.3, -0.25) is 9.69 Å². The van der Waals surface area contributed by atoms with Crippen molar-refractivity contribution in [3.05, 3.63) is 70.9 Å². The van der Waals surface area contributed by atoms with Crippen molar-refractivity contribution in [1.29, 1.82) is 0 Å². The number of methoxy groups -OCH3 is 2. The minimum Gasteiger partial charge on any atom is -0.493 e. The second-order valence-corrected chi connectivity index (χ2v) is 7.49. The van der Waals surface area contributed by atoms with Gasteiger partial charge in [0.05, 0.1) is 25.6 Å². The highest BCUT2D eigenvalue weighted by molar-refractivity contribution is 7.14. The zero-order valence-electron chi connectivity index (χ0n) is 17.6. The van der Waals surface area contributed by atoms with Gasteiger partial charge >= 0.3 is 5.97 Å². The van der Waals surface area contributed by atoms with Gasteiger partial charge in [0.1, 0.15) is 0 Å². The molecular weight excluding hydrogens is 430 g/mol. The predicted octanol–water partition coefficient (Wildman–Crippen LogP) is 4.19. The molecule has 3 aromatic rings. The van der Waals surface area contributed by atoms with Crippen LogP contribution in [0.15, 0.2) is 64.6 Å². The molecule has 0 fully saturated rings. The number of para-hydroxylation sites is 1. The van der Waals surface area contributed by atoms with Gasteiger partial charge in [0.15, 0.2) is 22.3 Å². The van der Waals surface area contributed by atoms with Crippen molar-refractivity contribution in [3.63, 3.8) is 0 Å². The van der Waals surface area contributed by atoms with Crippen LogP contribution in [0.2, 0.25) is 0 Å². The third-order valence-electron chi connectivity index (χ3n) is 4.57. The van der Waals surface area contributed by atoms with E-state index in [-0.39, 0.29) is 17.5 Å². The number of hydrogen-bond acceptors (Lipinski definition) is 8. The number of rotatable bonds is 6. The molecule has 8 nitrogen and oxygen atoms in total. The maximum absolute atomic E-state index is 12.4. The lowest BCUT2D eigenvalue weighted by Gasteiger charge is -2.17. The molecule has 0 radical (unpaired) electrons. The second-order valence-electron chi connectivity index (χ2n) is 6.65. The van der Waals surface area contributed by atoms with Crippen molar-refractivity contribution in [2.75, 3.05) is 19.1 Å². The van der Waals surface area contributed by atoms with Crippen LogP contribution in [0.1, 0.15) is 18.2 Å². The Bertz CT molecular complexity index is 1230. The standard InChI is InChI=1S/C23H19N3O5S/c1-14(27)26(17-7-5-4-6-8-17)23-24-16(13-32-23)12-18-22(28)31-21(25-18)15-9-10-19(29-2)20(11-15)30-3/h4-13H,1-3H3/b18-12-. The summed E-state index contributed by atoms with van der Waals surface area (Å²) in [5.41, 5.74) is 1.89. The number of carbonyl (C=O) groups is 2. The van der Waals surface area contributed by atoms with E-state index < -0.39 is 5.97 Å². The van der Waals surface area contributed by atoms with Crippen LogP contribution < -0.4 is 14.4 Å². The highest BCUT2D eigenvalue weighted by atomic mass is 32.1. The van der Waals surface area contributed by atoms with Gasteiger partial charge < -0.3 is 14.2 Å². The highest BCUT2D eigenvalue weighted by Crippen LogP contribution is 2.31. The molecule has 0 saturated heterocycles. The van der Waals surface area contributed by atoms with E-state index >= 15 is 0 Å². The summed E-state index contributed by atoms with van der Waals surface area (Å²) >= 11 is 1.29. The van der Waals surface area contributed by atoms with E-state index in [1.165, 1.54) is 36.3 Å². The first-order valence-corrected chi connectivity index (χ1v) is 10.4. The van der Waals surface area contributed by atoms with Gasteiger partial charge in [0.25, 0.3) is 0 Å². The van der Waals surface area contributed by atoms with Gasteiger partial charge in [-0.2, -0.15) is 0 Å². The topological polar surface area (TPSA) is 90.3 Å². The Kier molecular flexibility index (Phi) is 6.00. The number of esters is 1. The fourth-order valence-electron chi connectivity index (χ4n) is 3.09. The van der Waals surface area contributed by atoms with Crippen LogP contribution in [-0.4, -0.2) is 37.0 Å². The molecular formula is C23H19N3O5S. The van der Waals surface area contributed by atoms with Crippen LogP contribution in [0, 0.1) is 0 Å². The first-order chi connectivity index (χ1) is 15.5. The molecule has 1 amide bonds. The maximum atomic E-state index is 12.4. The fourth-order valence-corrected chi connectivity index (χ4v) is 3.94. The quantitative estimate of drug-likeness (QED) is 0.414. The summed E-state index contributed by atoms with van der Waals surface area (Å²) in [6, 6.07) is 14.3. The Labute approximate surface area is 188 Å². The number of benzene rings is 2. The summed E-state index contributed by atoms with van der Waals surface area (Å²) in [4.78, 5) is 34.9. The molecule has 1 aromatic heterocycles. The number of nitrogens with zero attached hydrogens (tertiary/aromatic N) is 3. The minimum atomic E-state index is -0.587. The Morgan fingerprint density at radius 3 is 2.53 bits per heavy atom. The van der Waals surface area contributed by atoms with E-state index in [4.69, 9.17) is 14.2 Å². The van der Waals surface area contributed by atoms with Gasteiger partial charge in [-0.25, -0.2) is 14.8 Å². The fraction of sp³-hybridized carbons (Fsp3) is 0.130. The molecule has 1 aliphatic heterocycles. The van der Waals surface area contributed by atoms with Crippen molar-refractivity contribution < 1.29 is 23.8 Å². The van der Waals surface area contributed by atoms with Crippen molar-refractivity contribution in [2.45, 2.75) is 6.92 Å². The summed E-state index contributed by atoms with van der Waals surface area (Å²) in [5.74, 6) is 0.456. The lowest BCUT2D eigenvalue weighted by Crippen LogP contribution is -2.22. The molecule has 0 bridgehead atoms. The maximum Gasteiger partial charge on any atom is 0.363 e. The predicted molar refractivity (Wildman–Crippen MR) is 122 cm³/mol. The van der Waals surface area contributed by atoms with E-state index in [9.17, 15) is 9.59 Å². The van der Waals surface area contributed by atoms with Crippen LogP contribution in [-0.2, 0) is 14.3 Å². The molecule has 0 N–H and O–H groups in total. The van der Waals surface area contributed by atoms with E-state index in [1.54, 1.807) is 30.7 Å². The molecule has 0 spiro atoms. The molecule has 0 unspecified atom stereocenters. The monoisotopic (exact) mass is 449 g/mol. The van der Waals surface area contributed by atoms with Crippen molar-refractivity contribution in [1.82, 2.24) is 4.98 Å². The number of aliphatic imine (C=N–C) groups is 1. The van der Waals surface area contributed by atoms with Crippen LogP contribution in [0.4, 0.5) is 10.8 Å². The van der Waals surface area contributed by atoms with E-state index in [1.807, 2.05) is 30.3 Å². The molecule has 0 saturated carbocycles. The van der Waals surface area contributed by atoms with E-state index in [2.05, 4.69) is 9.98 Å². The first-order valence-electron chi connectivity index (χ1n) is 9.56.